The van der Waals surface area contributed by atoms with Crippen LogP contribution in [0.2, 0.25) is 0 Å². The minimum atomic E-state index is 0.470. The van der Waals surface area contributed by atoms with Crippen molar-refractivity contribution in [1.82, 2.24) is 20.3 Å². The molecule has 2 aromatic rings. The molecule has 23 heavy (non-hydrogen) atoms. The Kier molecular flexibility index (Phi) is 5.50. The smallest absolute Gasteiger partial charge is 0.163 e. The summed E-state index contributed by atoms with van der Waals surface area (Å²) in [5.41, 5.74) is 1.78. The predicted molar refractivity (Wildman–Crippen MR) is 90.1 cm³/mol. The van der Waals surface area contributed by atoms with Crippen molar-refractivity contribution in [3.05, 3.63) is 36.3 Å². The van der Waals surface area contributed by atoms with Crippen molar-refractivity contribution in [2.24, 2.45) is 5.92 Å². The lowest BCUT2D eigenvalue weighted by atomic mass is 9.98. The number of methoxy groups -OCH3 is 1. The first-order valence-corrected chi connectivity index (χ1v) is 8.07. The lowest BCUT2D eigenvalue weighted by Gasteiger charge is -2.23. The topological polar surface area (TPSA) is 72.0 Å². The molecule has 0 saturated carbocycles. The maximum atomic E-state index is 5.23. The Hall–Kier alpha value is -2.05. The van der Waals surface area contributed by atoms with Gasteiger partial charge in [-0.15, -0.1) is 0 Å². The summed E-state index contributed by atoms with van der Waals surface area (Å²) >= 11 is 0. The number of anilines is 1. The molecule has 0 radical (unpaired) electrons. The van der Waals surface area contributed by atoms with Crippen molar-refractivity contribution in [3.63, 3.8) is 0 Å². The fourth-order valence-electron chi connectivity index (χ4n) is 2.77. The number of ether oxygens (including phenoxy) is 1. The third-order valence-corrected chi connectivity index (χ3v) is 4.02. The van der Waals surface area contributed by atoms with Gasteiger partial charge in [0.25, 0.3) is 0 Å². The minimum Gasteiger partial charge on any atom is -0.378 e. The van der Waals surface area contributed by atoms with Gasteiger partial charge in [-0.1, -0.05) is 0 Å². The Balaban J connectivity index is 1.76. The summed E-state index contributed by atoms with van der Waals surface area (Å²) in [6.45, 7) is 3.62. The van der Waals surface area contributed by atoms with Gasteiger partial charge < -0.3 is 15.4 Å². The molecule has 3 rings (SSSR count). The van der Waals surface area contributed by atoms with Crippen LogP contribution in [0.15, 0.2) is 30.6 Å². The summed E-state index contributed by atoms with van der Waals surface area (Å²) < 4.78 is 5.23. The molecule has 0 unspecified atom stereocenters. The molecule has 2 aromatic heterocycles. The number of hydrogen-bond acceptors (Lipinski definition) is 6. The number of nitrogens with zero attached hydrogens (tertiary/aromatic N) is 3. The fourth-order valence-corrected chi connectivity index (χ4v) is 2.77. The molecule has 122 valence electrons. The molecule has 1 fully saturated rings. The summed E-state index contributed by atoms with van der Waals surface area (Å²) in [5.74, 6) is 2.23. The molecule has 0 atom stereocenters. The molecule has 0 aliphatic carbocycles. The highest BCUT2D eigenvalue weighted by atomic mass is 16.5. The van der Waals surface area contributed by atoms with Gasteiger partial charge in [0.2, 0.25) is 0 Å². The molecule has 6 heteroatoms. The van der Waals surface area contributed by atoms with E-state index in [2.05, 4.69) is 25.6 Å². The van der Waals surface area contributed by atoms with Crippen molar-refractivity contribution in [2.75, 3.05) is 32.1 Å². The van der Waals surface area contributed by atoms with Crippen LogP contribution in [0.25, 0.3) is 11.4 Å². The van der Waals surface area contributed by atoms with Crippen LogP contribution in [-0.4, -0.2) is 41.7 Å². The number of hydrogen-bond donors (Lipinski definition) is 2. The van der Waals surface area contributed by atoms with Gasteiger partial charge in [-0.05, 0) is 44.0 Å². The Morgan fingerprint density at radius 3 is 2.91 bits per heavy atom. The molecular formula is C17H23N5O. The van der Waals surface area contributed by atoms with E-state index in [4.69, 9.17) is 4.74 Å². The number of piperidine rings is 1. The van der Waals surface area contributed by atoms with E-state index in [1.165, 1.54) is 12.8 Å². The zero-order valence-corrected chi connectivity index (χ0v) is 13.5. The Morgan fingerprint density at radius 1 is 1.30 bits per heavy atom. The lowest BCUT2D eigenvalue weighted by Crippen LogP contribution is -2.31. The standard InChI is InChI=1S/C17H23N5O/c1-23-12-15-9-16(20-10-13-4-7-18-8-5-13)22-17(21-15)14-3-2-6-19-11-14/h2-3,6,9,11,13,18H,4-5,7-8,10,12H2,1H3,(H,20,21,22). The molecule has 0 spiro atoms. The van der Waals surface area contributed by atoms with Gasteiger partial charge in [-0.2, -0.15) is 0 Å². The largest absolute Gasteiger partial charge is 0.378 e. The monoisotopic (exact) mass is 313 g/mol. The van der Waals surface area contributed by atoms with Gasteiger partial charge in [0, 0.05) is 37.7 Å². The molecule has 0 amide bonds. The number of rotatable bonds is 6. The molecule has 1 aliphatic heterocycles. The average molecular weight is 313 g/mol. The number of aromatic nitrogens is 3. The lowest BCUT2D eigenvalue weighted by molar-refractivity contribution is 0.181. The average Bonchev–Trinajstić information content (AvgIpc) is 2.62. The van der Waals surface area contributed by atoms with E-state index in [0.717, 1.165) is 36.7 Å². The third-order valence-electron chi connectivity index (χ3n) is 4.02. The summed E-state index contributed by atoms with van der Waals surface area (Å²) in [7, 11) is 1.67. The van der Waals surface area contributed by atoms with Crippen LogP contribution in [0.5, 0.6) is 0 Å². The second-order valence-corrected chi connectivity index (χ2v) is 5.82. The summed E-state index contributed by atoms with van der Waals surface area (Å²) in [5, 5.41) is 6.86. The van der Waals surface area contributed by atoms with Crippen LogP contribution in [0.1, 0.15) is 18.5 Å². The summed E-state index contributed by atoms with van der Waals surface area (Å²) in [6.07, 6.45) is 5.94. The molecular weight excluding hydrogens is 290 g/mol. The van der Waals surface area contributed by atoms with Crippen LogP contribution in [0, 0.1) is 5.92 Å². The van der Waals surface area contributed by atoms with E-state index < -0.39 is 0 Å². The SMILES string of the molecule is COCc1cc(NCC2CCNCC2)nc(-c2cccnc2)n1. The van der Waals surface area contributed by atoms with Crippen molar-refractivity contribution in [2.45, 2.75) is 19.4 Å². The summed E-state index contributed by atoms with van der Waals surface area (Å²) in [4.78, 5) is 13.3. The second kappa shape index (κ2) is 7.99. The molecule has 3 heterocycles. The second-order valence-electron chi connectivity index (χ2n) is 5.82. The van der Waals surface area contributed by atoms with Crippen molar-refractivity contribution in [1.29, 1.82) is 0 Å². The van der Waals surface area contributed by atoms with Crippen LogP contribution in [0.4, 0.5) is 5.82 Å². The van der Waals surface area contributed by atoms with Gasteiger partial charge in [0.05, 0.1) is 12.3 Å². The van der Waals surface area contributed by atoms with Crippen LogP contribution in [-0.2, 0) is 11.3 Å². The molecule has 0 bridgehead atoms. The van der Waals surface area contributed by atoms with Crippen LogP contribution in [0.3, 0.4) is 0 Å². The van der Waals surface area contributed by atoms with Gasteiger partial charge in [-0.25, -0.2) is 9.97 Å². The van der Waals surface area contributed by atoms with Crippen molar-refractivity contribution in [3.8, 4) is 11.4 Å². The van der Waals surface area contributed by atoms with E-state index in [1.807, 2.05) is 18.2 Å². The van der Waals surface area contributed by atoms with E-state index in [1.54, 1.807) is 19.5 Å². The number of nitrogens with one attached hydrogen (secondary N) is 2. The Morgan fingerprint density at radius 2 is 2.17 bits per heavy atom. The zero-order valence-electron chi connectivity index (χ0n) is 13.5. The maximum Gasteiger partial charge on any atom is 0.163 e. The Labute approximate surface area is 136 Å². The van der Waals surface area contributed by atoms with Crippen LogP contribution >= 0.6 is 0 Å². The quantitative estimate of drug-likeness (QED) is 0.851. The van der Waals surface area contributed by atoms with Crippen LogP contribution < -0.4 is 10.6 Å². The fraction of sp³-hybridized carbons (Fsp3) is 0.471. The highest BCUT2D eigenvalue weighted by Gasteiger charge is 2.13. The van der Waals surface area contributed by atoms with Gasteiger partial charge in [0.15, 0.2) is 5.82 Å². The van der Waals surface area contributed by atoms with E-state index in [0.29, 0.717) is 18.3 Å². The molecule has 2 N–H and O–H groups in total. The molecule has 1 aliphatic rings. The first-order chi connectivity index (χ1) is 11.3. The van der Waals surface area contributed by atoms with E-state index >= 15 is 0 Å². The summed E-state index contributed by atoms with van der Waals surface area (Å²) in [6, 6.07) is 5.82. The Bertz CT molecular complexity index is 614. The van der Waals surface area contributed by atoms with E-state index in [-0.39, 0.29) is 0 Å². The molecule has 1 saturated heterocycles. The van der Waals surface area contributed by atoms with Gasteiger partial charge in [-0.3, -0.25) is 4.98 Å². The first-order valence-electron chi connectivity index (χ1n) is 8.07. The molecule has 6 nitrogen and oxygen atoms in total. The van der Waals surface area contributed by atoms with Gasteiger partial charge >= 0.3 is 0 Å². The normalized spacial score (nSPS) is 15.5. The van der Waals surface area contributed by atoms with Gasteiger partial charge in [0.1, 0.15) is 5.82 Å². The maximum absolute atomic E-state index is 5.23. The van der Waals surface area contributed by atoms with Crippen molar-refractivity contribution < 1.29 is 4.74 Å². The minimum absolute atomic E-state index is 0.470. The zero-order chi connectivity index (χ0) is 15.9. The predicted octanol–water partition coefficient (Wildman–Crippen LogP) is 2.10. The highest BCUT2D eigenvalue weighted by molar-refractivity contribution is 5.56. The van der Waals surface area contributed by atoms with E-state index in [9.17, 15) is 0 Å². The highest BCUT2D eigenvalue weighted by Crippen LogP contribution is 2.19. The van der Waals surface area contributed by atoms with Crippen molar-refractivity contribution >= 4 is 5.82 Å². The third kappa shape index (κ3) is 4.46. The first kappa shape index (κ1) is 15.8. The number of pyridine rings is 1. The molecule has 0 aromatic carbocycles.